The van der Waals surface area contributed by atoms with Crippen molar-refractivity contribution in [3.63, 3.8) is 0 Å². The van der Waals surface area contributed by atoms with Crippen LogP contribution in [-0.4, -0.2) is 24.1 Å². The van der Waals surface area contributed by atoms with Crippen LogP contribution >= 0.6 is 0 Å². The van der Waals surface area contributed by atoms with Gasteiger partial charge >= 0.3 is 0 Å². The van der Waals surface area contributed by atoms with E-state index in [0.29, 0.717) is 0 Å². The van der Waals surface area contributed by atoms with E-state index in [-0.39, 0.29) is 12.6 Å². The average molecular weight is 264 g/mol. The summed E-state index contributed by atoms with van der Waals surface area (Å²) in [5.41, 5.74) is 6.86. The molecule has 4 heteroatoms. The van der Waals surface area contributed by atoms with Crippen LogP contribution in [0.15, 0.2) is 18.2 Å². The summed E-state index contributed by atoms with van der Waals surface area (Å²) in [7, 11) is 0. The van der Waals surface area contributed by atoms with Crippen LogP contribution in [0.4, 0.5) is 0 Å². The van der Waals surface area contributed by atoms with E-state index >= 15 is 0 Å². The van der Waals surface area contributed by atoms with Crippen LogP contribution in [-0.2, 0) is 4.79 Å². The smallest absolute Gasteiger partial charge is 0.240 e. The van der Waals surface area contributed by atoms with Gasteiger partial charge in [0.2, 0.25) is 5.91 Å². The van der Waals surface area contributed by atoms with E-state index in [1.165, 1.54) is 0 Å². The number of rotatable bonds is 6. The quantitative estimate of drug-likeness (QED) is 0.825. The lowest BCUT2D eigenvalue weighted by Crippen LogP contribution is -2.59. The molecule has 0 bridgehead atoms. The molecule has 0 aliphatic rings. The zero-order valence-corrected chi connectivity index (χ0v) is 12.4. The van der Waals surface area contributed by atoms with E-state index in [1.54, 1.807) is 6.92 Å². The second kappa shape index (κ2) is 6.06. The highest BCUT2D eigenvalue weighted by Crippen LogP contribution is 2.18. The van der Waals surface area contributed by atoms with Crippen molar-refractivity contribution in [2.45, 2.75) is 46.2 Å². The van der Waals surface area contributed by atoms with Gasteiger partial charge < -0.3 is 10.5 Å². The Morgan fingerprint density at radius 2 is 1.84 bits per heavy atom. The second-order valence-corrected chi connectivity index (χ2v) is 5.61. The fourth-order valence-corrected chi connectivity index (χ4v) is 2.06. The van der Waals surface area contributed by atoms with Gasteiger partial charge in [-0.05, 0) is 57.9 Å². The van der Waals surface area contributed by atoms with E-state index in [4.69, 9.17) is 10.5 Å². The number of primary amides is 1. The van der Waals surface area contributed by atoms with E-state index in [2.05, 4.69) is 11.4 Å². The maximum absolute atomic E-state index is 11.6. The van der Waals surface area contributed by atoms with Gasteiger partial charge in [-0.3, -0.25) is 10.1 Å². The number of nitrogens with one attached hydrogen (secondary N) is 1. The fourth-order valence-electron chi connectivity index (χ4n) is 2.06. The molecule has 1 amide bonds. The highest BCUT2D eigenvalue weighted by Gasteiger charge is 2.32. The van der Waals surface area contributed by atoms with Crippen molar-refractivity contribution < 1.29 is 9.53 Å². The lowest BCUT2D eigenvalue weighted by atomic mass is 10.0. The van der Waals surface area contributed by atoms with Gasteiger partial charge in [0.25, 0.3) is 0 Å². The summed E-state index contributed by atoms with van der Waals surface area (Å²) in [6, 6.07) is 6.13. The molecule has 1 atom stereocenters. The summed E-state index contributed by atoms with van der Waals surface area (Å²) in [5.74, 6) is 0.348. The normalized spacial score (nSPS) is 14.2. The lowest BCUT2D eigenvalue weighted by molar-refractivity contribution is -0.125. The molecule has 1 rings (SSSR count). The van der Waals surface area contributed by atoms with Gasteiger partial charge in [0.15, 0.2) is 0 Å². The number of carbonyl (C=O) groups excluding carboxylic acids is 1. The van der Waals surface area contributed by atoms with Gasteiger partial charge in [0.1, 0.15) is 17.9 Å². The molecule has 0 aromatic heterocycles. The van der Waals surface area contributed by atoms with E-state index in [0.717, 1.165) is 16.9 Å². The molecule has 0 saturated carbocycles. The second-order valence-electron chi connectivity index (χ2n) is 5.61. The molecule has 19 heavy (non-hydrogen) atoms. The molecule has 0 fully saturated rings. The number of carbonyl (C=O) groups is 1. The number of ether oxygens (including phenoxy) is 1. The van der Waals surface area contributed by atoms with Crippen LogP contribution in [0.3, 0.4) is 0 Å². The molecule has 106 valence electrons. The van der Waals surface area contributed by atoms with Crippen molar-refractivity contribution in [1.82, 2.24) is 5.32 Å². The Kier molecular flexibility index (Phi) is 4.95. The van der Waals surface area contributed by atoms with Crippen LogP contribution in [0.1, 0.15) is 31.9 Å². The molecule has 0 radical (unpaired) electrons. The highest BCUT2D eigenvalue weighted by molar-refractivity contribution is 5.84. The molecule has 0 heterocycles. The minimum Gasteiger partial charge on any atom is -0.491 e. The molecule has 4 nitrogen and oxygen atoms in total. The monoisotopic (exact) mass is 264 g/mol. The Bertz CT molecular complexity index is 437. The van der Waals surface area contributed by atoms with Crippen LogP contribution in [0.2, 0.25) is 0 Å². The molecule has 1 aromatic rings. The summed E-state index contributed by atoms with van der Waals surface area (Å²) < 4.78 is 5.73. The van der Waals surface area contributed by atoms with E-state index < -0.39 is 11.4 Å². The number of hydrogen-bond donors (Lipinski definition) is 2. The third-order valence-corrected chi connectivity index (χ3v) is 2.87. The number of amides is 1. The van der Waals surface area contributed by atoms with Crippen LogP contribution in [0, 0.1) is 13.8 Å². The van der Waals surface area contributed by atoms with Gasteiger partial charge in [-0.15, -0.1) is 0 Å². The minimum absolute atomic E-state index is 0.153. The van der Waals surface area contributed by atoms with Crippen molar-refractivity contribution in [1.29, 1.82) is 0 Å². The van der Waals surface area contributed by atoms with Gasteiger partial charge in [0.05, 0.1) is 0 Å². The Morgan fingerprint density at radius 3 is 2.26 bits per heavy atom. The van der Waals surface area contributed by atoms with E-state index in [1.807, 2.05) is 39.8 Å². The first kappa shape index (κ1) is 15.5. The number of aryl methyl sites for hydroxylation is 2. The zero-order valence-electron chi connectivity index (χ0n) is 12.4. The maximum Gasteiger partial charge on any atom is 0.240 e. The molecule has 0 aliphatic heterocycles. The standard InChI is InChI=1S/C15H24N2O2/c1-10(2)17-15(5,14(16)18)9-19-13-7-11(3)6-12(4)8-13/h6-8,10,17H,9H2,1-5H3,(H2,16,18). The Hall–Kier alpha value is -1.55. The first-order valence-corrected chi connectivity index (χ1v) is 6.51. The summed E-state index contributed by atoms with van der Waals surface area (Å²) >= 11 is 0. The summed E-state index contributed by atoms with van der Waals surface area (Å²) in [6.07, 6.45) is 0. The fraction of sp³-hybridized carbons (Fsp3) is 0.533. The molecule has 0 spiro atoms. The predicted octanol–water partition coefficient (Wildman–Crippen LogP) is 1.92. The van der Waals surface area contributed by atoms with Gasteiger partial charge in [-0.25, -0.2) is 0 Å². The van der Waals surface area contributed by atoms with Gasteiger partial charge in [-0.1, -0.05) is 6.07 Å². The van der Waals surface area contributed by atoms with Crippen molar-refractivity contribution in [3.05, 3.63) is 29.3 Å². The third kappa shape index (κ3) is 4.56. The molecule has 1 aromatic carbocycles. The zero-order chi connectivity index (χ0) is 14.6. The highest BCUT2D eigenvalue weighted by atomic mass is 16.5. The SMILES string of the molecule is Cc1cc(C)cc(OCC(C)(NC(C)C)C(N)=O)c1. The Labute approximate surface area is 115 Å². The van der Waals surface area contributed by atoms with Crippen molar-refractivity contribution in [3.8, 4) is 5.75 Å². The topological polar surface area (TPSA) is 64.3 Å². The number of hydrogen-bond acceptors (Lipinski definition) is 3. The van der Waals surface area contributed by atoms with E-state index in [9.17, 15) is 4.79 Å². The lowest BCUT2D eigenvalue weighted by Gasteiger charge is -2.29. The maximum atomic E-state index is 11.6. The Morgan fingerprint density at radius 1 is 1.32 bits per heavy atom. The largest absolute Gasteiger partial charge is 0.491 e. The average Bonchev–Trinajstić information content (AvgIpc) is 2.24. The van der Waals surface area contributed by atoms with Gasteiger partial charge in [0, 0.05) is 6.04 Å². The molecular weight excluding hydrogens is 240 g/mol. The van der Waals surface area contributed by atoms with Crippen LogP contribution in [0.25, 0.3) is 0 Å². The molecule has 3 N–H and O–H groups in total. The number of nitrogens with two attached hydrogens (primary N) is 1. The van der Waals surface area contributed by atoms with Crippen LogP contribution < -0.4 is 15.8 Å². The summed E-state index contributed by atoms with van der Waals surface area (Å²) in [5, 5.41) is 3.16. The molecule has 0 aliphatic carbocycles. The van der Waals surface area contributed by atoms with Gasteiger partial charge in [-0.2, -0.15) is 0 Å². The first-order chi connectivity index (χ1) is 8.73. The number of benzene rings is 1. The molecule has 0 saturated heterocycles. The van der Waals surface area contributed by atoms with Crippen molar-refractivity contribution in [2.24, 2.45) is 5.73 Å². The predicted molar refractivity (Wildman–Crippen MR) is 77.3 cm³/mol. The minimum atomic E-state index is -0.869. The molecular formula is C15H24N2O2. The summed E-state index contributed by atoms with van der Waals surface area (Å²) in [6.45, 7) is 9.94. The summed E-state index contributed by atoms with van der Waals surface area (Å²) in [4.78, 5) is 11.6. The Balaban J connectivity index is 2.79. The van der Waals surface area contributed by atoms with Crippen molar-refractivity contribution >= 4 is 5.91 Å². The molecule has 1 unspecified atom stereocenters. The van der Waals surface area contributed by atoms with Crippen LogP contribution in [0.5, 0.6) is 5.75 Å². The van der Waals surface area contributed by atoms with Crippen molar-refractivity contribution in [2.75, 3.05) is 6.61 Å². The third-order valence-electron chi connectivity index (χ3n) is 2.87. The first-order valence-electron chi connectivity index (χ1n) is 6.51.